The predicted octanol–water partition coefficient (Wildman–Crippen LogP) is 2.88. The molecule has 3 rings (SSSR count). The molecule has 6 heteroatoms. The average molecular weight is 411 g/mol. The standard InChI is InChI=1S/C24H31N3O3/c1-18-8-5-6-9-20(18)17-26-12-14-27(15-13-26)22(28)19-10-7-11-21(16-19)25-23(29)30-24(2,3)4/h5-11,16H,12-15,17H2,1-4H3,(H,25,29)/p+1. The quantitative estimate of drug-likeness (QED) is 0.815. The van der Waals surface area contributed by atoms with Crippen LogP contribution >= 0.6 is 0 Å². The van der Waals surface area contributed by atoms with Crippen molar-refractivity contribution >= 4 is 17.7 Å². The van der Waals surface area contributed by atoms with Gasteiger partial charge in [0.2, 0.25) is 0 Å². The second kappa shape index (κ2) is 9.30. The Balaban J connectivity index is 1.56. The Labute approximate surface area is 178 Å². The Morgan fingerprint density at radius 1 is 1.07 bits per heavy atom. The van der Waals surface area contributed by atoms with E-state index in [1.165, 1.54) is 16.0 Å². The normalized spacial score (nSPS) is 15.0. The third kappa shape index (κ3) is 6.07. The van der Waals surface area contributed by atoms with E-state index in [4.69, 9.17) is 4.74 Å². The third-order valence-electron chi connectivity index (χ3n) is 5.21. The van der Waals surface area contributed by atoms with Gasteiger partial charge in [-0.25, -0.2) is 4.79 Å². The number of aryl methyl sites for hydroxylation is 1. The number of rotatable bonds is 4. The maximum atomic E-state index is 13.0. The van der Waals surface area contributed by atoms with E-state index >= 15 is 0 Å². The monoisotopic (exact) mass is 410 g/mol. The highest BCUT2D eigenvalue weighted by molar-refractivity contribution is 5.96. The molecule has 2 aromatic carbocycles. The van der Waals surface area contributed by atoms with E-state index in [-0.39, 0.29) is 5.91 Å². The zero-order valence-corrected chi connectivity index (χ0v) is 18.3. The Morgan fingerprint density at radius 2 is 1.77 bits per heavy atom. The number of anilines is 1. The number of nitrogens with zero attached hydrogens (tertiary/aromatic N) is 1. The van der Waals surface area contributed by atoms with Crippen LogP contribution in [0.5, 0.6) is 0 Å². The molecular weight excluding hydrogens is 378 g/mol. The maximum absolute atomic E-state index is 13.0. The first-order valence-electron chi connectivity index (χ1n) is 10.5. The van der Waals surface area contributed by atoms with Crippen molar-refractivity contribution in [3.63, 3.8) is 0 Å². The Hall–Kier alpha value is -2.86. The summed E-state index contributed by atoms with van der Waals surface area (Å²) < 4.78 is 5.28. The van der Waals surface area contributed by atoms with Gasteiger partial charge in [0.05, 0.1) is 26.2 Å². The van der Waals surface area contributed by atoms with E-state index < -0.39 is 11.7 Å². The zero-order valence-electron chi connectivity index (χ0n) is 18.3. The highest BCUT2D eigenvalue weighted by Gasteiger charge is 2.25. The van der Waals surface area contributed by atoms with Crippen LogP contribution in [0.3, 0.4) is 0 Å². The lowest BCUT2D eigenvalue weighted by Gasteiger charge is -2.32. The lowest BCUT2D eigenvalue weighted by atomic mass is 10.1. The predicted molar refractivity (Wildman–Crippen MR) is 118 cm³/mol. The summed E-state index contributed by atoms with van der Waals surface area (Å²) in [4.78, 5) is 28.3. The molecule has 2 aromatic rings. The van der Waals surface area contributed by atoms with Crippen molar-refractivity contribution < 1.29 is 19.2 Å². The number of hydrogen-bond acceptors (Lipinski definition) is 3. The van der Waals surface area contributed by atoms with Crippen molar-refractivity contribution in [3.05, 3.63) is 65.2 Å². The summed E-state index contributed by atoms with van der Waals surface area (Å²) in [7, 11) is 0. The molecule has 2 amide bonds. The van der Waals surface area contributed by atoms with E-state index in [0.29, 0.717) is 11.3 Å². The summed E-state index contributed by atoms with van der Waals surface area (Å²) in [5, 5.41) is 2.70. The fourth-order valence-corrected chi connectivity index (χ4v) is 3.61. The van der Waals surface area contributed by atoms with Crippen molar-refractivity contribution in [3.8, 4) is 0 Å². The van der Waals surface area contributed by atoms with Gasteiger partial charge in [-0.15, -0.1) is 0 Å². The van der Waals surface area contributed by atoms with Gasteiger partial charge in [0.1, 0.15) is 12.1 Å². The maximum Gasteiger partial charge on any atom is 0.412 e. The minimum atomic E-state index is -0.572. The molecule has 0 aromatic heterocycles. The molecule has 30 heavy (non-hydrogen) atoms. The third-order valence-corrected chi connectivity index (χ3v) is 5.21. The Morgan fingerprint density at radius 3 is 2.43 bits per heavy atom. The van der Waals surface area contributed by atoms with E-state index in [1.54, 1.807) is 24.3 Å². The molecule has 0 bridgehead atoms. The second-order valence-electron chi connectivity index (χ2n) is 8.85. The number of ether oxygens (including phenoxy) is 1. The van der Waals surface area contributed by atoms with E-state index in [2.05, 4.69) is 36.5 Å². The van der Waals surface area contributed by atoms with Gasteiger partial charge in [0.15, 0.2) is 0 Å². The molecule has 0 atom stereocenters. The lowest BCUT2D eigenvalue weighted by Crippen LogP contribution is -3.13. The molecule has 0 radical (unpaired) electrons. The average Bonchev–Trinajstić information content (AvgIpc) is 2.68. The number of carbonyl (C=O) groups is 2. The molecule has 160 valence electrons. The molecule has 1 aliphatic rings. The van der Waals surface area contributed by atoms with Gasteiger partial charge in [-0.3, -0.25) is 10.1 Å². The largest absolute Gasteiger partial charge is 0.444 e. The van der Waals surface area contributed by atoms with Crippen LogP contribution < -0.4 is 10.2 Å². The molecule has 0 saturated carbocycles. The molecule has 2 N–H and O–H groups in total. The van der Waals surface area contributed by atoms with Gasteiger partial charge in [-0.1, -0.05) is 30.3 Å². The van der Waals surface area contributed by atoms with Crippen LogP contribution in [0.4, 0.5) is 10.5 Å². The molecule has 0 aliphatic carbocycles. The van der Waals surface area contributed by atoms with E-state index in [0.717, 1.165) is 32.7 Å². The number of hydrogen-bond donors (Lipinski definition) is 2. The molecule has 0 spiro atoms. The van der Waals surface area contributed by atoms with Gasteiger partial charge in [-0.2, -0.15) is 0 Å². The van der Waals surface area contributed by atoms with Crippen LogP contribution in [-0.4, -0.2) is 48.7 Å². The molecule has 6 nitrogen and oxygen atoms in total. The molecule has 1 aliphatic heterocycles. The van der Waals surface area contributed by atoms with Crippen molar-refractivity contribution in [2.75, 3.05) is 31.5 Å². The van der Waals surface area contributed by atoms with Crippen LogP contribution in [0.1, 0.15) is 42.3 Å². The van der Waals surface area contributed by atoms with Crippen molar-refractivity contribution in [2.45, 2.75) is 39.8 Å². The Bertz CT molecular complexity index is 897. The smallest absolute Gasteiger partial charge is 0.412 e. The van der Waals surface area contributed by atoms with Crippen LogP contribution in [-0.2, 0) is 11.3 Å². The van der Waals surface area contributed by atoms with Crippen molar-refractivity contribution in [1.82, 2.24) is 4.90 Å². The summed E-state index contributed by atoms with van der Waals surface area (Å²) in [6, 6.07) is 15.5. The minimum Gasteiger partial charge on any atom is -0.444 e. The van der Waals surface area contributed by atoms with Crippen LogP contribution in [0.25, 0.3) is 0 Å². The highest BCUT2D eigenvalue weighted by Crippen LogP contribution is 2.15. The van der Waals surface area contributed by atoms with Gasteiger partial charge in [-0.05, 0) is 51.5 Å². The SMILES string of the molecule is Cc1ccccc1C[NH+]1CCN(C(=O)c2cccc(NC(=O)OC(C)(C)C)c2)CC1. The number of nitrogens with one attached hydrogen (secondary N) is 2. The first-order valence-corrected chi connectivity index (χ1v) is 10.5. The summed E-state index contributed by atoms with van der Waals surface area (Å²) in [6.45, 7) is 11.9. The summed E-state index contributed by atoms with van der Waals surface area (Å²) >= 11 is 0. The fourth-order valence-electron chi connectivity index (χ4n) is 3.61. The van der Waals surface area contributed by atoms with E-state index in [9.17, 15) is 9.59 Å². The Kier molecular flexibility index (Phi) is 6.77. The van der Waals surface area contributed by atoms with Gasteiger partial charge >= 0.3 is 6.09 Å². The van der Waals surface area contributed by atoms with Crippen LogP contribution in [0.15, 0.2) is 48.5 Å². The van der Waals surface area contributed by atoms with Crippen LogP contribution in [0, 0.1) is 6.92 Å². The molecular formula is C24H32N3O3+. The van der Waals surface area contributed by atoms with Crippen LogP contribution in [0.2, 0.25) is 0 Å². The number of piperazine rings is 1. The second-order valence-corrected chi connectivity index (χ2v) is 8.85. The highest BCUT2D eigenvalue weighted by atomic mass is 16.6. The first kappa shape index (κ1) is 21.8. The number of carbonyl (C=O) groups excluding carboxylic acids is 2. The number of amides is 2. The van der Waals surface area contributed by atoms with Gasteiger partial charge < -0.3 is 14.5 Å². The molecule has 1 saturated heterocycles. The first-order chi connectivity index (χ1) is 14.2. The zero-order chi connectivity index (χ0) is 21.7. The molecule has 1 fully saturated rings. The lowest BCUT2D eigenvalue weighted by molar-refractivity contribution is -0.917. The summed E-state index contributed by atoms with van der Waals surface area (Å²) in [5.41, 5.74) is 3.24. The van der Waals surface area contributed by atoms with Gasteiger partial charge in [0, 0.05) is 16.8 Å². The van der Waals surface area contributed by atoms with Gasteiger partial charge in [0.25, 0.3) is 5.91 Å². The summed E-state index contributed by atoms with van der Waals surface area (Å²) in [6.07, 6.45) is -0.527. The summed E-state index contributed by atoms with van der Waals surface area (Å²) in [5.74, 6) is -0.00206. The molecule has 1 heterocycles. The topological polar surface area (TPSA) is 63.1 Å². The fraction of sp³-hybridized carbons (Fsp3) is 0.417. The number of benzene rings is 2. The molecule has 0 unspecified atom stereocenters. The minimum absolute atomic E-state index is 0.00206. The van der Waals surface area contributed by atoms with E-state index in [1.807, 2.05) is 25.7 Å². The van der Waals surface area contributed by atoms with Crippen molar-refractivity contribution in [2.24, 2.45) is 0 Å². The number of quaternary nitrogens is 1. The van der Waals surface area contributed by atoms with Crippen molar-refractivity contribution in [1.29, 1.82) is 0 Å².